The molecule has 0 saturated carbocycles. The lowest BCUT2D eigenvalue weighted by Gasteiger charge is -2.11. The van der Waals surface area contributed by atoms with Gasteiger partial charge >= 0.3 is 5.97 Å². The highest BCUT2D eigenvalue weighted by molar-refractivity contribution is 6.32. The Morgan fingerprint density at radius 1 is 1.27 bits per heavy atom. The van der Waals surface area contributed by atoms with Crippen LogP contribution in [0.4, 0.5) is 5.82 Å². The van der Waals surface area contributed by atoms with Gasteiger partial charge in [-0.05, 0) is 31.0 Å². The van der Waals surface area contributed by atoms with Crippen LogP contribution in [-0.2, 0) is 36.2 Å². The summed E-state index contributed by atoms with van der Waals surface area (Å²) in [5.41, 5.74) is 3.33. The van der Waals surface area contributed by atoms with Crippen molar-refractivity contribution in [2.24, 2.45) is 7.05 Å². The van der Waals surface area contributed by atoms with Crippen LogP contribution < -0.4 is 10.1 Å². The predicted molar refractivity (Wildman–Crippen MR) is 126 cm³/mol. The van der Waals surface area contributed by atoms with Crippen molar-refractivity contribution in [3.05, 3.63) is 40.3 Å². The van der Waals surface area contributed by atoms with Gasteiger partial charge in [0.25, 0.3) is 0 Å². The van der Waals surface area contributed by atoms with Gasteiger partial charge in [0.1, 0.15) is 30.0 Å². The van der Waals surface area contributed by atoms with Crippen molar-refractivity contribution >= 4 is 34.4 Å². The molecule has 0 amide bonds. The number of hydrogen-bond donors (Lipinski definition) is 3. The summed E-state index contributed by atoms with van der Waals surface area (Å²) in [6, 6.07) is 5.55. The maximum absolute atomic E-state index is 10.7. The largest absolute Gasteiger partial charge is 0.495 e. The van der Waals surface area contributed by atoms with E-state index in [-0.39, 0.29) is 13.2 Å². The number of aliphatic hydroxyl groups excluding tert-OH is 1. The number of rotatable bonds is 10. The predicted octanol–water partition coefficient (Wildman–Crippen LogP) is 3.19. The van der Waals surface area contributed by atoms with Crippen molar-refractivity contribution in [3.8, 4) is 5.75 Å². The van der Waals surface area contributed by atoms with E-state index in [2.05, 4.69) is 27.3 Å². The molecule has 11 heteroatoms. The second-order valence-electron chi connectivity index (χ2n) is 7.03. The van der Waals surface area contributed by atoms with Crippen LogP contribution in [0.1, 0.15) is 37.4 Å². The molecule has 3 N–H and O–H groups in total. The lowest BCUT2D eigenvalue weighted by Crippen LogP contribution is -2.11. The van der Waals surface area contributed by atoms with Crippen LogP contribution in [0.3, 0.4) is 0 Å². The van der Waals surface area contributed by atoms with E-state index >= 15 is 0 Å². The number of hydrogen-bond acceptors (Lipinski definition) is 8. The minimum atomic E-state index is -1.04. The molecule has 2 heterocycles. The van der Waals surface area contributed by atoms with E-state index < -0.39 is 12.6 Å². The van der Waals surface area contributed by atoms with Gasteiger partial charge in [0.2, 0.25) is 0 Å². The minimum absolute atomic E-state index is 0.00819. The molecule has 0 spiro atoms. The highest BCUT2D eigenvalue weighted by Crippen LogP contribution is 2.27. The van der Waals surface area contributed by atoms with Crippen LogP contribution in [0.2, 0.25) is 5.02 Å². The van der Waals surface area contributed by atoms with Crippen LogP contribution in [0.5, 0.6) is 5.75 Å². The van der Waals surface area contributed by atoms with Gasteiger partial charge < -0.3 is 25.0 Å². The van der Waals surface area contributed by atoms with E-state index in [0.717, 1.165) is 35.1 Å². The topological polar surface area (TPSA) is 132 Å². The highest BCUT2D eigenvalue weighted by atomic mass is 35.5. The Balaban J connectivity index is 0.00000122. The molecule has 0 radical (unpaired) electrons. The monoisotopic (exact) mass is 479 g/mol. The highest BCUT2D eigenvalue weighted by Gasteiger charge is 2.17. The molecule has 3 aromatic rings. The first-order valence-electron chi connectivity index (χ1n) is 10.5. The van der Waals surface area contributed by atoms with Crippen LogP contribution in [0, 0.1) is 0 Å². The van der Waals surface area contributed by atoms with Crippen molar-refractivity contribution in [1.82, 2.24) is 19.7 Å². The third kappa shape index (κ3) is 7.28. The number of nitrogens with zero attached hydrogens (tertiary/aromatic N) is 4. The number of aliphatic carboxylic acids is 1. The van der Waals surface area contributed by atoms with Crippen LogP contribution in [0.25, 0.3) is 11.0 Å². The van der Waals surface area contributed by atoms with Gasteiger partial charge in [-0.25, -0.2) is 14.8 Å². The molecule has 0 aliphatic heterocycles. The Kier molecular flexibility index (Phi) is 10.3. The standard InChI is InChI=1S/C20H24ClN5O4.C2H6O/c1-4-5-14-18-19(26(2)25-14)20(24-16(23-18)10-30-11-17(27)28)22-9-12-6-7-15(29-3)13(21)8-12;1-2-3/h6-8H,4-5,9-11H2,1-3H3,(H,27,28)(H,22,23,24);3H,2H2,1H3. The molecule has 33 heavy (non-hydrogen) atoms. The van der Waals surface area contributed by atoms with Crippen molar-refractivity contribution < 1.29 is 24.5 Å². The number of aliphatic hydroxyl groups is 1. The number of fused-ring (bicyclic) bond motifs is 1. The number of methoxy groups -OCH3 is 1. The summed E-state index contributed by atoms with van der Waals surface area (Å²) in [4.78, 5) is 19.9. The molecule has 0 fully saturated rings. The van der Waals surface area contributed by atoms with Gasteiger partial charge in [-0.3, -0.25) is 4.68 Å². The number of carboxylic acid groups (broad SMARTS) is 1. The Labute approximate surface area is 197 Å². The number of halogens is 1. The number of nitrogens with one attached hydrogen (secondary N) is 1. The molecule has 0 bridgehead atoms. The van der Waals surface area contributed by atoms with Gasteiger partial charge in [0, 0.05) is 20.2 Å². The van der Waals surface area contributed by atoms with E-state index in [1.165, 1.54) is 0 Å². The van der Waals surface area contributed by atoms with Gasteiger partial charge in [0.15, 0.2) is 11.6 Å². The molecule has 0 aliphatic rings. The molecule has 1 aromatic carbocycles. The Bertz CT molecular complexity index is 1070. The summed E-state index contributed by atoms with van der Waals surface area (Å²) in [5.74, 6) is 0.556. The number of ether oxygens (including phenoxy) is 2. The summed E-state index contributed by atoms with van der Waals surface area (Å²) in [7, 11) is 3.42. The first-order valence-corrected chi connectivity index (χ1v) is 10.9. The number of carbonyl (C=O) groups is 1. The molecule has 0 atom stereocenters. The average molecular weight is 480 g/mol. The van der Waals surface area contributed by atoms with Crippen molar-refractivity contribution in [2.45, 2.75) is 39.8 Å². The fraction of sp³-hybridized carbons (Fsp3) is 0.455. The molecule has 0 aliphatic carbocycles. The quantitative estimate of drug-likeness (QED) is 0.401. The zero-order chi connectivity index (χ0) is 24.4. The van der Waals surface area contributed by atoms with E-state index in [1.54, 1.807) is 18.7 Å². The van der Waals surface area contributed by atoms with Crippen LogP contribution >= 0.6 is 11.6 Å². The third-order valence-corrected chi connectivity index (χ3v) is 4.71. The Hall–Kier alpha value is -2.95. The Morgan fingerprint density at radius 3 is 2.61 bits per heavy atom. The number of aromatic nitrogens is 4. The van der Waals surface area contributed by atoms with Crippen molar-refractivity contribution in [2.75, 3.05) is 25.6 Å². The second kappa shape index (κ2) is 12.9. The zero-order valence-electron chi connectivity index (χ0n) is 19.3. The number of anilines is 1. The SMILES string of the molecule is CCCc1nn(C)c2c(NCc3ccc(OC)c(Cl)c3)nc(COCC(=O)O)nc12.CCO. The molecule has 3 rings (SSSR count). The fourth-order valence-corrected chi connectivity index (χ4v) is 3.40. The third-order valence-electron chi connectivity index (χ3n) is 4.42. The minimum Gasteiger partial charge on any atom is -0.495 e. The summed E-state index contributed by atoms with van der Waals surface area (Å²) in [5, 5.41) is 24.8. The van der Waals surface area contributed by atoms with E-state index in [9.17, 15) is 4.79 Å². The second-order valence-corrected chi connectivity index (χ2v) is 7.44. The lowest BCUT2D eigenvalue weighted by molar-refractivity contribution is -0.142. The Morgan fingerprint density at radius 2 is 2.00 bits per heavy atom. The summed E-state index contributed by atoms with van der Waals surface area (Å²) in [6.45, 7) is 4.06. The lowest BCUT2D eigenvalue weighted by atomic mass is 10.2. The van der Waals surface area contributed by atoms with Gasteiger partial charge in [-0.1, -0.05) is 31.0 Å². The number of aryl methyl sites for hydroxylation is 2. The fourth-order valence-electron chi connectivity index (χ4n) is 3.12. The zero-order valence-corrected chi connectivity index (χ0v) is 20.0. The molecular weight excluding hydrogens is 450 g/mol. The van der Waals surface area contributed by atoms with Crippen LogP contribution in [0.15, 0.2) is 18.2 Å². The van der Waals surface area contributed by atoms with Gasteiger partial charge in [0.05, 0.1) is 17.8 Å². The first kappa shape index (κ1) is 26.3. The molecule has 0 unspecified atom stereocenters. The molecule has 0 saturated heterocycles. The normalized spacial score (nSPS) is 10.6. The van der Waals surface area contributed by atoms with Gasteiger partial charge in [-0.2, -0.15) is 5.10 Å². The number of carboxylic acids is 1. The summed E-state index contributed by atoms with van der Waals surface area (Å²) in [6.07, 6.45) is 1.70. The summed E-state index contributed by atoms with van der Waals surface area (Å²) >= 11 is 6.22. The first-order chi connectivity index (χ1) is 15.8. The molecule has 180 valence electrons. The maximum atomic E-state index is 10.7. The number of benzene rings is 1. The molecule has 10 nitrogen and oxygen atoms in total. The molecule has 2 aromatic heterocycles. The average Bonchev–Trinajstić information content (AvgIpc) is 3.08. The van der Waals surface area contributed by atoms with E-state index in [1.807, 2.05) is 25.2 Å². The summed E-state index contributed by atoms with van der Waals surface area (Å²) < 4.78 is 12.1. The van der Waals surface area contributed by atoms with Crippen LogP contribution in [-0.4, -0.2) is 56.3 Å². The smallest absolute Gasteiger partial charge is 0.329 e. The molecular formula is C22H30ClN5O5. The van der Waals surface area contributed by atoms with E-state index in [0.29, 0.717) is 29.0 Å². The van der Waals surface area contributed by atoms with E-state index in [4.69, 9.17) is 31.3 Å². The van der Waals surface area contributed by atoms with Crippen molar-refractivity contribution in [3.63, 3.8) is 0 Å². The maximum Gasteiger partial charge on any atom is 0.329 e. The van der Waals surface area contributed by atoms with Gasteiger partial charge in [-0.15, -0.1) is 0 Å². The van der Waals surface area contributed by atoms with Crippen molar-refractivity contribution in [1.29, 1.82) is 0 Å².